The Morgan fingerprint density at radius 3 is 2.27 bits per heavy atom. The third-order valence-corrected chi connectivity index (χ3v) is 3.68. The van der Waals surface area contributed by atoms with Crippen LogP contribution in [0, 0.1) is 5.82 Å². The standard InChI is InChI=1S/C20H16FN3O2/c21-16-8-2-1-6-14(16)12-19(25)23-17-9-3-4-10-18(17)24-20(26)15-7-5-11-22-13-15/h1-11,13H,12H2,(H,23,25)(H,24,26). The summed E-state index contributed by atoms with van der Waals surface area (Å²) in [7, 11) is 0. The van der Waals surface area contributed by atoms with Gasteiger partial charge in [-0.1, -0.05) is 30.3 Å². The summed E-state index contributed by atoms with van der Waals surface area (Å²) in [5.41, 5.74) is 1.59. The van der Waals surface area contributed by atoms with Gasteiger partial charge in [0.2, 0.25) is 5.91 Å². The average Bonchev–Trinajstić information content (AvgIpc) is 2.66. The molecule has 130 valence electrons. The summed E-state index contributed by atoms with van der Waals surface area (Å²) in [4.78, 5) is 28.4. The van der Waals surface area contributed by atoms with E-state index < -0.39 is 5.82 Å². The topological polar surface area (TPSA) is 71.1 Å². The molecule has 0 radical (unpaired) electrons. The van der Waals surface area contributed by atoms with Crippen LogP contribution in [0.5, 0.6) is 0 Å². The Hall–Kier alpha value is -3.54. The highest BCUT2D eigenvalue weighted by Crippen LogP contribution is 2.22. The number of nitrogens with zero attached hydrogens (tertiary/aromatic N) is 1. The van der Waals surface area contributed by atoms with Crippen molar-refractivity contribution in [3.8, 4) is 0 Å². The van der Waals surface area contributed by atoms with Crippen LogP contribution in [0.4, 0.5) is 15.8 Å². The zero-order valence-corrected chi connectivity index (χ0v) is 13.8. The Labute approximate surface area is 149 Å². The van der Waals surface area contributed by atoms with E-state index in [2.05, 4.69) is 15.6 Å². The number of aromatic nitrogens is 1. The van der Waals surface area contributed by atoms with E-state index in [4.69, 9.17) is 0 Å². The second-order valence-electron chi connectivity index (χ2n) is 5.56. The molecule has 0 fully saturated rings. The Kier molecular flexibility index (Phi) is 5.34. The van der Waals surface area contributed by atoms with Gasteiger partial charge in [-0.25, -0.2) is 4.39 Å². The largest absolute Gasteiger partial charge is 0.324 e. The van der Waals surface area contributed by atoms with Gasteiger partial charge >= 0.3 is 0 Å². The van der Waals surface area contributed by atoms with Crippen molar-refractivity contribution in [2.75, 3.05) is 10.6 Å². The second-order valence-corrected chi connectivity index (χ2v) is 5.56. The van der Waals surface area contributed by atoms with Crippen LogP contribution in [0.15, 0.2) is 73.1 Å². The van der Waals surface area contributed by atoms with Gasteiger partial charge in [0.05, 0.1) is 23.4 Å². The van der Waals surface area contributed by atoms with E-state index in [0.717, 1.165) is 0 Å². The Balaban J connectivity index is 1.72. The van der Waals surface area contributed by atoms with Gasteiger partial charge in [-0.05, 0) is 35.9 Å². The molecule has 1 heterocycles. The normalized spacial score (nSPS) is 10.2. The van der Waals surface area contributed by atoms with E-state index in [1.54, 1.807) is 60.8 Å². The van der Waals surface area contributed by atoms with Gasteiger partial charge < -0.3 is 10.6 Å². The van der Waals surface area contributed by atoms with Crippen LogP contribution in [0.25, 0.3) is 0 Å². The predicted molar refractivity (Wildman–Crippen MR) is 97.4 cm³/mol. The molecular weight excluding hydrogens is 333 g/mol. The van der Waals surface area contributed by atoms with Crippen molar-refractivity contribution in [1.29, 1.82) is 0 Å². The number of benzene rings is 2. The van der Waals surface area contributed by atoms with Crippen molar-refractivity contribution in [3.63, 3.8) is 0 Å². The summed E-state index contributed by atoms with van der Waals surface area (Å²) in [5.74, 6) is -1.15. The van der Waals surface area contributed by atoms with Crippen molar-refractivity contribution in [2.45, 2.75) is 6.42 Å². The fourth-order valence-electron chi connectivity index (χ4n) is 2.40. The number of nitrogens with one attached hydrogen (secondary N) is 2. The molecule has 5 nitrogen and oxygen atoms in total. The van der Waals surface area contributed by atoms with Gasteiger partial charge in [0.15, 0.2) is 0 Å². The number of hydrogen-bond acceptors (Lipinski definition) is 3. The first-order valence-corrected chi connectivity index (χ1v) is 7.97. The minimum absolute atomic E-state index is 0.0996. The minimum atomic E-state index is -0.430. The molecule has 0 aliphatic heterocycles. The molecule has 0 saturated carbocycles. The lowest BCUT2D eigenvalue weighted by molar-refractivity contribution is -0.115. The maximum Gasteiger partial charge on any atom is 0.257 e. The van der Waals surface area contributed by atoms with E-state index in [0.29, 0.717) is 22.5 Å². The summed E-state index contributed by atoms with van der Waals surface area (Å²) >= 11 is 0. The predicted octanol–water partition coefficient (Wildman–Crippen LogP) is 3.65. The monoisotopic (exact) mass is 349 g/mol. The quantitative estimate of drug-likeness (QED) is 0.738. The van der Waals surface area contributed by atoms with Crippen LogP contribution in [0.2, 0.25) is 0 Å². The van der Waals surface area contributed by atoms with Crippen LogP contribution in [-0.4, -0.2) is 16.8 Å². The molecule has 3 rings (SSSR count). The molecule has 0 aliphatic carbocycles. The SMILES string of the molecule is O=C(Cc1ccccc1F)Nc1ccccc1NC(=O)c1cccnc1. The number of halogens is 1. The zero-order valence-electron chi connectivity index (χ0n) is 13.8. The van der Waals surface area contributed by atoms with Crippen LogP contribution >= 0.6 is 0 Å². The summed E-state index contributed by atoms with van der Waals surface area (Å²) in [6.45, 7) is 0. The van der Waals surface area contributed by atoms with Crippen molar-refractivity contribution in [3.05, 3.63) is 90.0 Å². The molecule has 0 saturated heterocycles. The van der Waals surface area contributed by atoms with Crippen molar-refractivity contribution in [2.24, 2.45) is 0 Å². The van der Waals surface area contributed by atoms with E-state index in [9.17, 15) is 14.0 Å². The molecule has 0 unspecified atom stereocenters. The van der Waals surface area contributed by atoms with Gasteiger partial charge in [-0.3, -0.25) is 14.6 Å². The number of hydrogen-bond donors (Lipinski definition) is 2. The fraction of sp³-hybridized carbons (Fsp3) is 0.0500. The molecule has 6 heteroatoms. The number of pyridine rings is 1. The smallest absolute Gasteiger partial charge is 0.257 e. The first-order valence-electron chi connectivity index (χ1n) is 7.97. The maximum atomic E-state index is 13.7. The highest BCUT2D eigenvalue weighted by molar-refractivity contribution is 6.07. The average molecular weight is 349 g/mol. The molecule has 0 atom stereocenters. The molecule has 26 heavy (non-hydrogen) atoms. The number of rotatable bonds is 5. The van der Waals surface area contributed by atoms with E-state index in [-0.39, 0.29) is 18.2 Å². The maximum absolute atomic E-state index is 13.7. The third-order valence-electron chi connectivity index (χ3n) is 3.68. The Bertz CT molecular complexity index is 929. The number of amides is 2. The van der Waals surface area contributed by atoms with E-state index in [1.807, 2.05) is 0 Å². The van der Waals surface area contributed by atoms with Crippen molar-refractivity contribution < 1.29 is 14.0 Å². The number of carbonyl (C=O) groups is 2. The molecule has 1 aromatic heterocycles. The lowest BCUT2D eigenvalue weighted by Gasteiger charge is -2.12. The Morgan fingerprint density at radius 2 is 1.58 bits per heavy atom. The van der Waals surface area contributed by atoms with Gasteiger partial charge in [0, 0.05) is 12.4 Å². The summed E-state index contributed by atoms with van der Waals surface area (Å²) < 4.78 is 13.7. The van der Waals surface area contributed by atoms with Crippen LogP contribution in [0.3, 0.4) is 0 Å². The second kappa shape index (κ2) is 8.02. The zero-order chi connectivity index (χ0) is 18.4. The highest BCUT2D eigenvalue weighted by Gasteiger charge is 2.12. The lowest BCUT2D eigenvalue weighted by Crippen LogP contribution is -2.18. The van der Waals surface area contributed by atoms with Gasteiger partial charge in [-0.15, -0.1) is 0 Å². The highest BCUT2D eigenvalue weighted by atomic mass is 19.1. The number of carbonyl (C=O) groups excluding carboxylic acids is 2. The van der Waals surface area contributed by atoms with Gasteiger partial charge in [-0.2, -0.15) is 0 Å². The Morgan fingerprint density at radius 1 is 0.885 bits per heavy atom. The molecule has 2 aromatic carbocycles. The minimum Gasteiger partial charge on any atom is -0.324 e. The molecule has 2 N–H and O–H groups in total. The summed E-state index contributed by atoms with van der Waals surface area (Å²) in [5, 5.41) is 5.45. The third kappa shape index (κ3) is 4.30. The first-order chi connectivity index (χ1) is 12.6. The van der Waals surface area contributed by atoms with E-state index in [1.165, 1.54) is 12.3 Å². The molecule has 3 aromatic rings. The lowest BCUT2D eigenvalue weighted by atomic mass is 10.1. The van der Waals surface area contributed by atoms with Crippen LogP contribution in [-0.2, 0) is 11.2 Å². The van der Waals surface area contributed by atoms with Crippen LogP contribution < -0.4 is 10.6 Å². The molecule has 0 bridgehead atoms. The fourth-order valence-corrected chi connectivity index (χ4v) is 2.40. The first kappa shape index (κ1) is 17.3. The van der Waals surface area contributed by atoms with Gasteiger partial charge in [0.25, 0.3) is 5.91 Å². The summed E-state index contributed by atoms with van der Waals surface area (Å²) in [6, 6.07) is 16.2. The molecule has 2 amide bonds. The molecular formula is C20H16FN3O2. The van der Waals surface area contributed by atoms with Crippen molar-refractivity contribution in [1.82, 2.24) is 4.98 Å². The van der Waals surface area contributed by atoms with Gasteiger partial charge in [0.1, 0.15) is 5.82 Å². The molecule has 0 spiro atoms. The number of anilines is 2. The summed E-state index contributed by atoms with van der Waals surface area (Å²) in [6.07, 6.45) is 2.93. The molecule has 0 aliphatic rings. The van der Waals surface area contributed by atoms with E-state index >= 15 is 0 Å². The number of para-hydroxylation sites is 2. The van der Waals surface area contributed by atoms with Crippen molar-refractivity contribution >= 4 is 23.2 Å². The van der Waals surface area contributed by atoms with Crippen LogP contribution in [0.1, 0.15) is 15.9 Å².